The number of carbonyl (C=O) groups is 3. The second-order valence-corrected chi connectivity index (χ2v) is 16.3. The molecule has 0 aromatic heterocycles. The third-order valence-corrected chi connectivity index (χ3v) is 11.1. The summed E-state index contributed by atoms with van der Waals surface area (Å²) in [5.74, 6) is 1.37. The summed E-state index contributed by atoms with van der Waals surface area (Å²) >= 11 is 0. The number of benzene rings is 1. The first-order valence-corrected chi connectivity index (χ1v) is 17.9. The van der Waals surface area contributed by atoms with Gasteiger partial charge in [0.15, 0.2) is 0 Å². The highest BCUT2D eigenvalue weighted by Gasteiger charge is 2.36. The van der Waals surface area contributed by atoms with Gasteiger partial charge in [-0.3, -0.25) is 14.4 Å². The van der Waals surface area contributed by atoms with Gasteiger partial charge < -0.3 is 15.5 Å². The molecule has 1 aromatic rings. The third-order valence-electron chi connectivity index (χ3n) is 11.1. The van der Waals surface area contributed by atoms with Crippen molar-refractivity contribution in [3.05, 3.63) is 18.2 Å². The van der Waals surface area contributed by atoms with E-state index in [1.807, 2.05) is 23.1 Å². The van der Waals surface area contributed by atoms with Crippen LogP contribution in [0.2, 0.25) is 0 Å². The predicted octanol–water partition coefficient (Wildman–Crippen LogP) is 9.59. The Bertz CT molecular complexity index is 1060. The zero-order valence-electron chi connectivity index (χ0n) is 28.9. The second kappa shape index (κ2) is 14.8. The molecule has 44 heavy (non-hydrogen) atoms. The van der Waals surface area contributed by atoms with Crippen molar-refractivity contribution in [2.45, 2.75) is 138 Å². The molecule has 3 amide bonds. The first-order valence-electron chi connectivity index (χ1n) is 17.9. The molecule has 3 aliphatic rings. The van der Waals surface area contributed by atoms with E-state index in [1.54, 1.807) is 0 Å². The molecule has 0 bridgehead atoms. The number of nitrogens with one attached hydrogen (secondary N) is 2. The van der Waals surface area contributed by atoms with Gasteiger partial charge in [0.1, 0.15) is 0 Å². The number of anilines is 3. The minimum absolute atomic E-state index is 0.0111. The topological polar surface area (TPSA) is 78.5 Å². The molecule has 3 saturated carbocycles. The smallest absolute Gasteiger partial charge is 0.230 e. The van der Waals surface area contributed by atoms with Crippen LogP contribution in [0.1, 0.15) is 138 Å². The molecule has 6 nitrogen and oxygen atoms in total. The molecule has 0 aliphatic heterocycles. The second-order valence-electron chi connectivity index (χ2n) is 16.3. The van der Waals surface area contributed by atoms with E-state index >= 15 is 0 Å². The van der Waals surface area contributed by atoms with Crippen molar-refractivity contribution in [1.29, 1.82) is 0 Å². The van der Waals surface area contributed by atoms with Gasteiger partial charge in [-0.2, -0.15) is 0 Å². The fraction of sp³-hybridized carbons (Fsp3) is 0.763. The first-order chi connectivity index (χ1) is 20.8. The molecule has 0 atom stereocenters. The standard InChI is InChI=1S/C38H61N3O3/c1-8-25-41(36(44)28-13-10-9-11-14-28)33-31(39-34(42)26-17-21-29(22-18-26)37(2,3)4)15-12-16-32(33)40-35(43)27-19-23-30(24-20-27)38(5,6)7/h12,15-16,26-30H,8-11,13-14,17-25H2,1-7H3,(H,39,42)(H,40,43)/t26-,27-,29+,30+. The van der Waals surface area contributed by atoms with Crippen LogP contribution in [-0.4, -0.2) is 24.3 Å². The zero-order valence-corrected chi connectivity index (χ0v) is 28.9. The molecule has 4 rings (SSSR count). The largest absolute Gasteiger partial charge is 0.324 e. The van der Waals surface area contributed by atoms with E-state index in [-0.39, 0.29) is 46.3 Å². The lowest BCUT2D eigenvalue weighted by atomic mass is 9.69. The number of rotatable bonds is 8. The quantitative estimate of drug-likeness (QED) is 0.309. The van der Waals surface area contributed by atoms with Gasteiger partial charge in [-0.05, 0) is 105 Å². The van der Waals surface area contributed by atoms with Gasteiger partial charge >= 0.3 is 0 Å². The van der Waals surface area contributed by atoms with Gasteiger partial charge in [-0.25, -0.2) is 0 Å². The monoisotopic (exact) mass is 607 g/mol. The SMILES string of the molecule is CCCN(C(=O)C1CCCCC1)c1c(NC(=O)[C@H]2CC[C@@H](C(C)(C)C)CC2)cccc1NC(=O)[C@H]1CC[C@@H](C(C)(C)C)CC1. The fourth-order valence-corrected chi connectivity index (χ4v) is 8.07. The van der Waals surface area contributed by atoms with Gasteiger partial charge in [-0.15, -0.1) is 0 Å². The van der Waals surface area contributed by atoms with E-state index in [9.17, 15) is 14.4 Å². The van der Waals surface area contributed by atoms with Crippen LogP contribution in [0.4, 0.5) is 17.1 Å². The Labute approximate surface area is 267 Å². The van der Waals surface area contributed by atoms with Crippen molar-refractivity contribution in [3.8, 4) is 0 Å². The van der Waals surface area contributed by atoms with E-state index in [4.69, 9.17) is 0 Å². The molecule has 246 valence electrons. The fourth-order valence-electron chi connectivity index (χ4n) is 8.07. The van der Waals surface area contributed by atoms with Crippen LogP contribution in [0.25, 0.3) is 0 Å². The summed E-state index contributed by atoms with van der Waals surface area (Å²) in [5, 5.41) is 6.52. The van der Waals surface area contributed by atoms with Crippen LogP contribution in [0.5, 0.6) is 0 Å². The Kier molecular flexibility index (Phi) is 11.6. The van der Waals surface area contributed by atoms with E-state index in [1.165, 1.54) is 6.42 Å². The maximum Gasteiger partial charge on any atom is 0.230 e. The molecule has 3 aliphatic carbocycles. The van der Waals surface area contributed by atoms with E-state index in [0.29, 0.717) is 35.4 Å². The van der Waals surface area contributed by atoms with E-state index in [0.717, 1.165) is 83.5 Å². The minimum Gasteiger partial charge on any atom is -0.324 e. The summed E-state index contributed by atoms with van der Waals surface area (Å²) in [6.07, 6.45) is 13.7. The molecule has 3 fully saturated rings. The summed E-state index contributed by atoms with van der Waals surface area (Å²) in [6, 6.07) is 5.72. The lowest BCUT2D eigenvalue weighted by molar-refractivity contribution is -0.123. The first kappa shape index (κ1) is 34.5. The van der Waals surface area contributed by atoms with Crippen molar-refractivity contribution < 1.29 is 14.4 Å². The maximum absolute atomic E-state index is 14.1. The number of amides is 3. The molecular formula is C38H61N3O3. The molecular weight excluding hydrogens is 546 g/mol. The average Bonchev–Trinajstić information content (AvgIpc) is 2.99. The Hall–Kier alpha value is -2.37. The van der Waals surface area contributed by atoms with Crippen LogP contribution in [-0.2, 0) is 14.4 Å². The Morgan fingerprint density at radius 2 is 1.09 bits per heavy atom. The van der Waals surface area contributed by atoms with Gasteiger partial charge in [0, 0.05) is 24.3 Å². The van der Waals surface area contributed by atoms with Crippen molar-refractivity contribution in [3.63, 3.8) is 0 Å². The van der Waals surface area contributed by atoms with E-state index < -0.39 is 0 Å². The summed E-state index contributed by atoms with van der Waals surface area (Å²) in [7, 11) is 0. The molecule has 2 N–H and O–H groups in total. The molecule has 0 radical (unpaired) electrons. The van der Waals surface area contributed by atoms with Crippen LogP contribution >= 0.6 is 0 Å². The molecule has 1 aromatic carbocycles. The lowest BCUT2D eigenvalue weighted by Gasteiger charge is -2.37. The molecule has 0 saturated heterocycles. The van der Waals surface area contributed by atoms with Gasteiger partial charge in [0.2, 0.25) is 17.7 Å². The van der Waals surface area contributed by atoms with Crippen LogP contribution in [0.3, 0.4) is 0 Å². The minimum atomic E-state index is -0.0358. The highest BCUT2D eigenvalue weighted by molar-refractivity contribution is 6.08. The van der Waals surface area contributed by atoms with Gasteiger partial charge in [0.05, 0.1) is 17.1 Å². The number of para-hydroxylation sites is 1. The molecule has 0 heterocycles. The van der Waals surface area contributed by atoms with Gasteiger partial charge in [0.25, 0.3) is 0 Å². The summed E-state index contributed by atoms with van der Waals surface area (Å²) < 4.78 is 0. The molecule has 0 unspecified atom stereocenters. The number of hydrogen-bond acceptors (Lipinski definition) is 3. The van der Waals surface area contributed by atoms with Crippen LogP contribution in [0.15, 0.2) is 18.2 Å². The Morgan fingerprint density at radius 1 is 0.659 bits per heavy atom. The van der Waals surface area contributed by atoms with Crippen LogP contribution in [0, 0.1) is 40.4 Å². The molecule has 6 heteroatoms. The van der Waals surface area contributed by atoms with Crippen LogP contribution < -0.4 is 15.5 Å². The third kappa shape index (κ3) is 8.66. The van der Waals surface area contributed by atoms with Crippen molar-refractivity contribution in [2.24, 2.45) is 40.4 Å². The van der Waals surface area contributed by atoms with E-state index in [2.05, 4.69) is 59.1 Å². The van der Waals surface area contributed by atoms with Gasteiger partial charge in [-0.1, -0.05) is 73.8 Å². The maximum atomic E-state index is 14.1. The Balaban J connectivity index is 1.59. The van der Waals surface area contributed by atoms with Crippen molar-refractivity contribution in [2.75, 3.05) is 22.1 Å². The zero-order chi connectivity index (χ0) is 32.1. The highest BCUT2D eigenvalue weighted by Crippen LogP contribution is 2.43. The van der Waals surface area contributed by atoms with Crippen molar-refractivity contribution in [1.82, 2.24) is 0 Å². The van der Waals surface area contributed by atoms with Crippen molar-refractivity contribution >= 4 is 34.8 Å². The number of carbonyl (C=O) groups excluding carboxylic acids is 3. The Morgan fingerprint density at radius 3 is 1.48 bits per heavy atom. The summed E-state index contributed by atoms with van der Waals surface area (Å²) in [6.45, 7) is 16.4. The number of nitrogens with zero attached hydrogens (tertiary/aromatic N) is 1. The average molecular weight is 608 g/mol. The lowest BCUT2D eigenvalue weighted by Crippen LogP contribution is -2.39. The highest BCUT2D eigenvalue weighted by atomic mass is 16.2. The summed E-state index contributed by atoms with van der Waals surface area (Å²) in [5.41, 5.74) is 2.46. The summed E-state index contributed by atoms with van der Waals surface area (Å²) in [4.78, 5) is 43.4. The normalized spacial score (nSPS) is 25.2. The number of hydrogen-bond donors (Lipinski definition) is 2. The predicted molar refractivity (Wildman–Crippen MR) is 183 cm³/mol. The molecule has 0 spiro atoms.